The Hall–Kier alpha value is -2.56. The Morgan fingerprint density at radius 2 is 1.20 bits per heavy atom. The van der Waals surface area contributed by atoms with Crippen molar-refractivity contribution in [2.24, 2.45) is 10.2 Å². The van der Waals surface area contributed by atoms with Crippen LogP contribution in [0.2, 0.25) is 10.0 Å². The van der Waals surface area contributed by atoms with Crippen LogP contribution in [0.1, 0.15) is 16.7 Å². The molecule has 3 aromatic rings. The first-order valence-corrected chi connectivity index (χ1v) is 8.30. The monoisotopic (exact) mass is 370 g/mol. The molecule has 2 N–H and O–H groups in total. The lowest BCUT2D eigenvalue weighted by molar-refractivity contribution is 0.449. The fourth-order valence-electron chi connectivity index (χ4n) is 3.20. The van der Waals surface area contributed by atoms with E-state index in [-0.39, 0.29) is 27.2 Å². The predicted octanol–water partition coefficient (Wildman–Crippen LogP) is 5.79. The van der Waals surface area contributed by atoms with E-state index in [9.17, 15) is 10.2 Å². The van der Waals surface area contributed by atoms with Crippen molar-refractivity contribution in [1.82, 2.24) is 0 Å². The molecule has 0 saturated carbocycles. The zero-order valence-corrected chi connectivity index (χ0v) is 14.3. The van der Waals surface area contributed by atoms with E-state index in [2.05, 4.69) is 10.2 Å². The standard InChI is InChI=1S/C19H12Cl2N2O2/c20-14-15(21)18(25)16-13(17(14)24)19(23-22-16,11-7-3-1-4-8-11)12-9-5-2-6-10-12/h1-10,24-25H. The molecule has 0 radical (unpaired) electrons. The summed E-state index contributed by atoms with van der Waals surface area (Å²) in [6, 6.07) is 18.8. The van der Waals surface area contributed by atoms with Gasteiger partial charge in [-0.3, -0.25) is 0 Å². The van der Waals surface area contributed by atoms with E-state index in [1.807, 2.05) is 60.7 Å². The molecule has 0 aromatic heterocycles. The first-order valence-electron chi connectivity index (χ1n) is 7.54. The lowest BCUT2D eigenvalue weighted by Crippen LogP contribution is -2.24. The molecular formula is C19H12Cl2N2O2. The fourth-order valence-corrected chi connectivity index (χ4v) is 3.56. The van der Waals surface area contributed by atoms with Crippen molar-refractivity contribution in [3.8, 4) is 11.5 Å². The maximum atomic E-state index is 10.7. The molecule has 0 amide bonds. The Morgan fingerprint density at radius 3 is 1.72 bits per heavy atom. The van der Waals surface area contributed by atoms with Gasteiger partial charge in [-0.15, -0.1) is 5.11 Å². The molecule has 0 saturated heterocycles. The van der Waals surface area contributed by atoms with Gasteiger partial charge in [-0.05, 0) is 11.1 Å². The summed E-state index contributed by atoms with van der Waals surface area (Å²) in [4.78, 5) is 0. The van der Waals surface area contributed by atoms with Crippen LogP contribution < -0.4 is 0 Å². The number of hydrogen-bond donors (Lipinski definition) is 2. The normalized spacial score (nSPS) is 14.5. The molecule has 1 aliphatic heterocycles. The minimum atomic E-state index is -1.12. The van der Waals surface area contributed by atoms with Gasteiger partial charge in [0.15, 0.2) is 11.3 Å². The average Bonchev–Trinajstić information content (AvgIpc) is 3.08. The topological polar surface area (TPSA) is 65.2 Å². The molecule has 0 fully saturated rings. The molecule has 4 nitrogen and oxygen atoms in total. The predicted molar refractivity (Wildman–Crippen MR) is 97.1 cm³/mol. The Bertz CT molecular complexity index is 950. The number of phenolic OH excluding ortho intramolecular Hbond substituents is 2. The Labute approximate surface area is 154 Å². The van der Waals surface area contributed by atoms with Gasteiger partial charge in [0.1, 0.15) is 21.5 Å². The molecule has 0 unspecified atom stereocenters. The lowest BCUT2D eigenvalue weighted by Gasteiger charge is -2.28. The number of fused-ring (bicyclic) bond motifs is 1. The van der Waals surface area contributed by atoms with Crippen LogP contribution in [-0.2, 0) is 5.54 Å². The third kappa shape index (κ3) is 2.15. The van der Waals surface area contributed by atoms with Crippen LogP contribution in [0.3, 0.4) is 0 Å². The van der Waals surface area contributed by atoms with Gasteiger partial charge in [0, 0.05) is 0 Å². The molecule has 6 heteroatoms. The van der Waals surface area contributed by atoms with Gasteiger partial charge in [0.05, 0.1) is 5.56 Å². The molecule has 0 atom stereocenters. The third-order valence-corrected chi connectivity index (χ3v) is 5.18. The summed E-state index contributed by atoms with van der Waals surface area (Å²) in [5.74, 6) is -0.533. The minimum Gasteiger partial charge on any atom is -0.506 e. The van der Waals surface area contributed by atoms with E-state index >= 15 is 0 Å². The zero-order chi connectivity index (χ0) is 17.6. The van der Waals surface area contributed by atoms with E-state index < -0.39 is 5.54 Å². The van der Waals surface area contributed by atoms with Crippen molar-refractivity contribution in [3.05, 3.63) is 87.4 Å². The SMILES string of the molecule is Oc1c(Cl)c(Cl)c(O)c2c1N=NC2(c1ccccc1)c1ccccc1. The van der Waals surface area contributed by atoms with Crippen LogP contribution in [-0.4, -0.2) is 10.2 Å². The smallest absolute Gasteiger partial charge is 0.164 e. The van der Waals surface area contributed by atoms with Crippen LogP contribution >= 0.6 is 23.2 Å². The van der Waals surface area contributed by atoms with E-state index in [4.69, 9.17) is 23.2 Å². The Balaban J connectivity index is 2.14. The van der Waals surface area contributed by atoms with E-state index in [0.717, 1.165) is 11.1 Å². The largest absolute Gasteiger partial charge is 0.506 e. The molecular weight excluding hydrogens is 359 g/mol. The second kappa shape index (κ2) is 5.76. The van der Waals surface area contributed by atoms with Crippen molar-refractivity contribution in [2.75, 3.05) is 0 Å². The van der Waals surface area contributed by atoms with Gasteiger partial charge >= 0.3 is 0 Å². The quantitative estimate of drug-likeness (QED) is 0.560. The molecule has 124 valence electrons. The van der Waals surface area contributed by atoms with Gasteiger partial charge in [0.2, 0.25) is 0 Å². The molecule has 25 heavy (non-hydrogen) atoms. The second-order valence-electron chi connectivity index (χ2n) is 5.69. The number of phenols is 2. The van der Waals surface area contributed by atoms with Gasteiger partial charge in [-0.1, -0.05) is 83.9 Å². The van der Waals surface area contributed by atoms with E-state index in [0.29, 0.717) is 5.56 Å². The Morgan fingerprint density at radius 1 is 0.720 bits per heavy atom. The van der Waals surface area contributed by atoms with Crippen LogP contribution in [0.4, 0.5) is 5.69 Å². The summed E-state index contributed by atoms with van der Waals surface area (Å²) < 4.78 is 0. The molecule has 0 bridgehead atoms. The number of aromatic hydroxyl groups is 2. The van der Waals surface area contributed by atoms with Gasteiger partial charge in [-0.25, -0.2) is 0 Å². The molecule has 3 aromatic carbocycles. The van der Waals surface area contributed by atoms with Crippen molar-refractivity contribution >= 4 is 28.9 Å². The van der Waals surface area contributed by atoms with Crippen LogP contribution in [0.15, 0.2) is 70.9 Å². The number of nitrogens with zero attached hydrogens (tertiary/aromatic N) is 2. The molecule has 0 spiro atoms. The number of halogens is 2. The van der Waals surface area contributed by atoms with Gasteiger partial charge < -0.3 is 10.2 Å². The lowest BCUT2D eigenvalue weighted by atomic mass is 9.77. The van der Waals surface area contributed by atoms with Crippen molar-refractivity contribution in [1.29, 1.82) is 0 Å². The first kappa shape index (κ1) is 15.9. The van der Waals surface area contributed by atoms with E-state index in [1.165, 1.54) is 0 Å². The summed E-state index contributed by atoms with van der Waals surface area (Å²) in [6.07, 6.45) is 0. The van der Waals surface area contributed by atoms with Gasteiger partial charge in [0.25, 0.3) is 0 Å². The summed E-state index contributed by atoms with van der Waals surface area (Å²) in [6.45, 7) is 0. The molecule has 1 heterocycles. The highest BCUT2D eigenvalue weighted by molar-refractivity contribution is 6.44. The maximum Gasteiger partial charge on any atom is 0.164 e. The number of hydrogen-bond acceptors (Lipinski definition) is 4. The maximum absolute atomic E-state index is 10.7. The summed E-state index contributed by atoms with van der Waals surface area (Å²) in [5, 5.41) is 29.4. The van der Waals surface area contributed by atoms with Crippen LogP contribution in [0.25, 0.3) is 0 Å². The van der Waals surface area contributed by atoms with Crippen molar-refractivity contribution < 1.29 is 10.2 Å². The van der Waals surface area contributed by atoms with Crippen LogP contribution in [0.5, 0.6) is 11.5 Å². The highest BCUT2D eigenvalue weighted by Gasteiger charge is 2.46. The first-order chi connectivity index (χ1) is 12.1. The summed E-state index contributed by atoms with van der Waals surface area (Å²) in [7, 11) is 0. The second-order valence-corrected chi connectivity index (χ2v) is 6.45. The zero-order valence-electron chi connectivity index (χ0n) is 12.8. The molecule has 4 rings (SSSR count). The minimum absolute atomic E-state index is 0.124. The van der Waals surface area contributed by atoms with Crippen molar-refractivity contribution in [2.45, 2.75) is 5.54 Å². The fraction of sp³-hybridized carbons (Fsp3) is 0.0526. The van der Waals surface area contributed by atoms with Gasteiger partial charge in [-0.2, -0.15) is 5.11 Å². The highest BCUT2D eigenvalue weighted by Crippen LogP contribution is 2.59. The number of benzene rings is 3. The summed E-state index contributed by atoms with van der Waals surface area (Å²) in [5.41, 5.74) is 0.901. The summed E-state index contributed by atoms with van der Waals surface area (Å²) >= 11 is 12.2. The van der Waals surface area contributed by atoms with Crippen LogP contribution in [0, 0.1) is 0 Å². The number of rotatable bonds is 2. The van der Waals surface area contributed by atoms with E-state index in [1.54, 1.807) is 0 Å². The number of azo groups is 1. The Kier molecular flexibility index (Phi) is 3.67. The third-order valence-electron chi connectivity index (χ3n) is 4.35. The van der Waals surface area contributed by atoms with Crippen molar-refractivity contribution in [3.63, 3.8) is 0 Å². The average molecular weight is 371 g/mol. The molecule has 1 aliphatic rings. The molecule has 0 aliphatic carbocycles. The highest BCUT2D eigenvalue weighted by atomic mass is 35.5.